The smallest absolute Gasteiger partial charge is 0.136 e. The second kappa shape index (κ2) is 10.9. The normalized spacial score (nSPS) is 19.9. The minimum Gasteiger partial charge on any atom is -0.456 e. The van der Waals surface area contributed by atoms with Gasteiger partial charge in [-0.3, -0.25) is 0 Å². The first-order chi connectivity index (χ1) is 37.4. The Morgan fingerprint density at radius 2 is 0.824 bits per heavy atom. The molecule has 11 aromatic rings. The van der Waals surface area contributed by atoms with Crippen LogP contribution in [0.1, 0.15) is 39.8 Å². The summed E-state index contributed by atoms with van der Waals surface area (Å²) < 4.78 is 268. The van der Waals surface area contributed by atoms with Crippen molar-refractivity contribution in [2.24, 2.45) is 0 Å². The molecule has 0 unspecified atom stereocenters. The van der Waals surface area contributed by atoms with Crippen LogP contribution in [0, 0.1) is 0 Å². The predicted molar refractivity (Wildman–Crippen MR) is 218 cm³/mol. The number of hydrogen-bond donors (Lipinski definition) is 0. The van der Waals surface area contributed by atoms with Gasteiger partial charge in [-0.15, -0.1) is 0 Å². The summed E-state index contributed by atoms with van der Waals surface area (Å²) in [5, 5.41) is -6.22. The van der Waals surface area contributed by atoms with Gasteiger partial charge in [0.15, 0.2) is 0 Å². The fourth-order valence-electron chi connectivity index (χ4n) is 6.37. The molecule has 1 heterocycles. The van der Waals surface area contributed by atoms with Gasteiger partial charge in [0.2, 0.25) is 0 Å². The molecular formula is C50H30O. The molecular weight excluding hydrogens is 617 g/mol. The first-order valence-electron chi connectivity index (χ1n) is 29.7. The standard InChI is InChI=1S/C50H30O/c1-3-11-38-32(9-1)19-22-36-29-35(23-26-39(36)38)31-17-20-34(21-18-31)48-41-13-5-7-15-43(41)49(44-16-8-6-14-42(44)48)37-25-27-46-45(30-37)50-40-12-4-2-10-33(40)24-28-47(50)51-46/h1-30H/i1D,2D,3D,4D,5D,6D,7D,8D,9D,10D,11D,12D,13D,14D,15D,16D,17D,18D,19D,20D,21D,22D,23D,24D,25D,27D,28D,29D,30D. The van der Waals surface area contributed by atoms with E-state index in [4.69, 9.17) is 27.7 Å². The maximum Gasteiger partial charge on any atom is 0.136 e. The number of rotatable bonds is 3. The van der Waals surface area contributed by atoms with Crippen LogP contribution in [0.3, 0.4) is 0 Å². The van der Waals surface area contributed by atoms with Crippen molar-refractivity contribution in [2.75, 3.05) is 0 Å². The number of hydrogen-bond acceptors (Lipinski definition) is 1. The van der Waals surface area contributed by atoms with Gasteiger partial charge in [0.1, 0.15) is 11.2 Å². The summed E-state index contributed by atoms with van der Waals surface area (Å²) in [6, 6.07) is -24.3. The Bertz CT molecular complexity index is 4760. The second-order valence-corrected chi connectivity index (χ2v) is 11.3. The highest BCUT2D eigenvalue weighted by Gasteiger charge is 2.18. The van der Waals surface area contributed by atoms with E-state index in [0.29, 0.717) is 0 Å². The molecule has 10 aromatic carbocycles. The zero-order chi connectivity index (χ0) is 58.7. The second-order valence-electron chi connectivity index (χ2n) is 11.3. The van der Waals surface area contributed by atoms with E-state index in [0.717, 1.165) is 6.07 Å². The molecule has 1 heteroatoms. The van der Waals surface area contributed by atoms with Gasteiger partial charge in [-0.05, 0) is 111 Å². The number of benzene rings is 10. The molecule has 0 N–H and O–H groups in total. The molecule has 0 saturated heterocycles. The summed E-state index contributed by atoms with van der Waals surface area (Å²) in [5.74, 6) is 0. The van der Waals surface area contributed by atoms with E-state index >= 15 is 0 Å². The predicted octanol–water partition coefficient (Wildman–Crippen LogP) is 14.4. The molecule has 0 aliphatic carbocycles. The maximum atomic E-state index is 9.91. The van der Waals surface area contributed by atoms with Crippen LogP contribution in [0.5, 0.6) is 0 Å². The minimum atomic E-state index is -1.08. The van der Waals surface area contributed by atoms with Gasteiger partial charge in [0.25, 0.3) is 0 Å². The zero-order valence-electron chi connectivity index (χ0n) is 54.5. The molecule has 0 aliphatic heterocycles. The summed E-state index contributed by atoms with van der Waals surface area (Å²) in [5.41, 5.74) is -5.68. The maximum absolute atomic E-state index is 9.91. The summed E-state index contributed by atoms with van der Waals surface area (Å²) >= 11 is 0. The lowest BCUT2D eigenvalue weighted by atomic mass is 9.85. The van der Waals surface area contributed by atoms with Crippen LogP contribution in [-0.4, -0.2) is 0 Å². The van der Waals surface area contributed by atoms with Crippen molar-refractivity contribution in [2.45, 2.75) is 0 Å². The molecule has 0 bridgehead atoms. The number of fused-ring (bicyclic) bond motifs is 10. The lowest BCUT2D eigenvalue weighted by Gasteiger charge is -2.18. The molecule has 0 radical (unpaired) electrons. The minimum absolute atomic E-state index is 0.242. The lowest BCUT2D eigenvalue weighted by Crippen LogP contribution is -1.91. The average molecular weight is 676 g/mol. The molecule has 0 fully saturated rings. The van der Waals surface area contributed by atoms with Gasteiger partial charge in [-0.1, -0.05) is 157 Å². The van der Waals surface area contributed by atoms with Crippen molar-refractivity contribution in [1.82, 2.24) is 0 Å². The molecule has 51 heavy (non-hydrogen) atoms. The van der Waals surface area contributed by atoms with Crippen LogP contribution in [0.2, 0.25) is 0 Å². The monoisotopic (exact) mass is 675 g/mol. The van der Waals surface area contributed by atoms with Gasteiger partial charge in [0.05, 0.1) is 39.8 Å². The van der Waals surface area contributed by atoms with E-state index in [-0.39, 0.29) is 16.2 Å². The van der Waals surface area contributed by atoms with Crippen molar-refractivity contribution >= 4 is 75.8 Å². The van der Waals surface area contributed by atoms with Crippen molar-refractivity contribution in [3.05, 3.63) is 181 Å². The fourth-order valence-corrected chi connectivity index (χ4v) is 6.37. The Morgan fingerprint density at radius 1 is 0.314 bits per heavy atom. The van der Waals surface area contributed by atoms with Gasteiger partial charge in [-0.25, -0.2) is 0 Å². The van der Waals surface area contributed by atoms with Crippen molar-refractivity contribution in [1.29, 1.82) is 0 Å². The molecule has 0 amide bonds. The molecule has 1 nitrogen and oxygen atoms in total. The third kappa shape index (κ3) is 4.28. The van der Waals surface area contributed by atoms with Crippen molar-refractivity contribution in [3.63, 3.8) is 0 Å². The lowest BCUT2D eigenvalue weighted by molar-refractivity contribution is 0.669. The van der Waals surface area contributed by atoms with Gasteiger partial charge < -0.3 is 4.42 Å². The van der Waals surface area contributed by atoms with Gasteiger partial charge in [0, 0.05) is 10.8 Å². The summed E-state index contributed by atoms with van der Waals surface area (Å²) in [7, 11) is 0. The third-order valence-corrected chi connectivity index (χ3v) is 8.60. The molecule has 0 saturated carbocycles. The van der Waals surface area contributed by atoms with Crippen LogP contribution < -0.4 is 0 Å². The van der Waals surface area contributed by atoms with Crippen LogP contribution >= 0.6 is 0 Å². The Hall–Kier alpha value is -6.70. The number of furan rings is 1. The molecule has 0 aliphatic rings. The van der Waals surface area contributed by atoms with Crippen LogP contribution in [-0.2, 0) is 0 Å². The molecule has 236 valence electrons. The summed E-state index contributed by atoms with van der Waals surface area (Å²) in [4.78, 5) is 0. The zero-order valence-corrected chi connectivity index (χ0v) is 25.5. The van der Waals surface area contributed by atoms with Crippen molar-refractivity contribution in [3.8, 4) is 33.4 Å². The van der Waals surface area contributed by atoms with Crippen LogP contribution in [0.25, 0.3) is 109 Å². The Kier molecular flexibility index (Phi) is 2.56. The third-order valence-electron chi connectivity index (χ3n) is 8.60. The summed E-state index contributed by atoms with van der Waals surface area (Å²) in [6.07, 6.45) is 0. The van der Waals surface area contributed by atoms with E-state index in [2.05, 4.69) is 0 Å². The highest BCUT2D eigenvalue weighted by atomic mass is 16.3. The average Bonchev–Trinajstić information content (AvgIpc) is 3.30. The SMILES string of the molecule is [2H]c1cc2c(c([2H])c1-c1c([2H])c([2H])c(-c3c4c([2H])c([2H])c([2H])c([2H])c4c(-c4c([2H])c([2H])c5oc6c([2H])c([2H])c7c([2H])c([2H])c([2H])c([2H])c7c6c5c4[2H])c4c([2H])c([2H])c([2H])c([2H])c34)c([2H])c1[2H])c([2H])c([2H])c1c([2H])c([2H])c([2H])c([2H])c12. The van der Waals surface area contributed by atoms with Crippen molar-refractivity contribution < 1.29 is 44.2 Å². The highest BCUT2D eigenvalue weighted by Crippen LogP contribution is 2.45. The van der Waals surface area contributed by atoms with E-state index in [1.807, 2.05) is 0 Å². The Morgan fingerprint density at radius 3 is 1.53 bits per heavy atom. The molecule has 11 rings (SSSR count). The quantitative estimate of drug-likeness (QED) is 0.134. The molecule has 0 atom stereocenters. The largest absolute Gasteiger partial charge is 0.456 e. The van der Waals surface area contributed by atoms with E-state index in [9.17, 15) is 16.4 Å². The van der Waals surface area contributed by atoms with Gasteiger partial charge in [-0.2, -0.15) is 0 Å². The summed E-state index contributed by atoms with van der Waals surface area (Å²) in [6.45, 7) is 0. The van der Waals surface area contributed by atoms with E-state index in [1.54, 1.807) is 0 Å². The highest BCUT2D eigenvalue weighted by molar-refractivity contribution is 6.24. The molecule has 0 spiro atoms. The Balaban J connectivity index is 1.33. The van der Waals surface area contributed by atoms with Crippen LogP contribution in [0.4, 0.5) is 0 Å². The van der Waals surface area contributed by atoms with Gasteiger partial charge >= 0.3 is 0 Å². The first kappa shape index (κ1) is 12.0. The Labute approximate surface area is 335 Å². The van der Waals surface area contributed by atoms with Crippen LogP contribution in [0.15, 0.2) is 186 Å². The molecule has 1 aromatic heterocycles. The topological polar surface area (TPSA) is 13.1 Å². The van der Waals surface area contributed by atoms with E-state index < -0.39 is 268 Å². The van der Waals surface area contributed by atoms with E-state index in [1.165, 1.54) is 0 Å². The first-order valence-corrected chi connectivity index (χ1v) is 15.2. The fraction of sp³-hybridized carbons (Fsp3) is 0.